The highest BCUT2D eigenvalue weighted by atomic mass is 16.3. The van der Waals surface area contributed by atoms with Gasteiger partial charge in [0.25, 0.3) is 0 Å². The number of para-hydroxylation sites is 1. The molecule has 1 aromatic heterocycles. The summed E-state index contributed by atoms with van der Waals surface area (Å²) in [6, 6.07) is 8.90. The molecule has 102 valence electrons. The van der Waals surface area contributed by atoms with Gasteiger partial charge in [-0.1, -0.05) is 18.2 Å². The number of hydrogen-bond acceptors (Lipinski definition) is 3. The summed E-state index contributed by atoms with van der Waals surface area (Å²) in [5.74, 6) is 0.648. The van der Waals surface area contributed by atoms with Gasteiger partial charge in [0.2, 0.25) is 0 Å². The van der Waals surface area contributed by atoms with Crippen molar-refractivity contribution in [2.45, 2.75) is 32.4 Å². The van der Waals surface area contributed by atoms with Gasteiger partial charge in [0.05, 0.1) is 6.26 Å². The maximum Gasteiger partial charge on any atom is 0.134 e. The van der Waals surface area contributed by atoms with Crippen molar-refractivity contribution in [2.24, 2.45) is 11.7 Å². The van der Waals surface area contributed by atoms with E-state index in [0.29, 0.717) is 12.0 Å². The lowest BCUT2D eigenvalue weighted by molar-refractivity contribution is 0.113. The van der Waals surface area contributed by atoms with Crippen molar-refractivity contribution in [3.8, 4) is 0 Å². The fraction of sp³-hybridized carbons (Fsp3) is 0.500. The number of likely N-dealkylation sites (tertiary alicyclic amines) is 1. The summed E-state index contributed by atoms with van der Waals surface area (Å²) >= 11 is 0. The van der Waals surface area contributed by atoms with E-state index in [1.165, 1.54) is 23.8 Å². The molecule has 2 aromatic rings. The van der Waals surface area contributed by atoms with Crippen LogP contribution < -0.4 is 5.73 Å². The lowest BCUT2D eigenvalue weighted by atomic mass is 9.93. The average molecular weight is 258 g/mol. The smallest absolute Gasteiger partial charge is 0.134 e. The molecule has 1 aromatic carbocycles. The number of nitrogens with zero attached hydrogens (tertiary/aromatic N) is 1. The van der Waals surface area contributed by atoms with Crippen LogP contribution in [0.1, 0.15) is 25.3 Å². The number of hydrogen-bond donors (Lipinski definition) is 1. The van der Waals surface area contributed by atoms with Gasteiger partial charge in [-0.15, -0.1) is 0 Å². The van der Waals surface area contributed by atoms with Crippen molar-refractivity contribution in [2.75, 3.05) is 13.1 Å². The van der Waals surface area contributed by atoms with E-state index in [0.717, 1.165) is 25.2 Å². The first-order chi connectivity index (χ1) is 9.28. The molecule has 0 aliphatic carbocycles. The highest BCUT2D eigenvalue weighted by Gasteiger charge is 2.25. The molecule has 1 fully saturated rings. The molecular weight excluding hydrogens is 236 g/mol. The largest absolute Gasteiger partial charge is 0.464 e. The van der Waals surface area contributed by atoms with E-state index in [2.05, 4.69) is 24.0 Å². The van der Waals surface area contributed by atoms with E-state index in [1.54, 1.807) is 0 Å². The van der Waals surface area contributed by atoms with E-state index < -0.39 is 0 Å². The Kier molecular flexibility index (Phi) is 3.58. The van der Waals surface area contributed by atoms with E-state index in [-0.39, 0.29) is 0 Å². The third kappa shape index (κ3) is 2.53. The number of piperidine rings is 1. The highest BCUT2D eigenvalue weighted by molar-refractivity contribution is 5.80. The molecule has 0 spiro atoms. The average Bonchev–Trinajstić information content (AvgIpc) is 2.85. The van der Waals surface area contributed by atoms with Gasteiger partial charge in [0, 0.05) is 30.1 Å². The van der Waals surface area contributed by atoms with Crippen LogP contribution in [0.5, 0.6) is 0 Å². The van der Waals surface area contributed by atoms with Crippen molar-refractivity contribution in [1.82, 2.24) is 4.90 Å². The molecule has 3 nitrogen and oxygen atoms in total. The lowest BCUT2D eigenvalue weighted by Crippen LogP contribution is -2.43. The number of rotatable bonds is 3. The molecule has 2 heterocycles. The maximum absolute atomic E-state index is 5.83. The minimum atomic E-state index is 0.636. The van der Waals surface area contributed by atoms with Gasteiger partial charge in [0.15, 0.2) is 0 Å². The Morgan fingerprint density at radius 3 is 3.00 bits per heavy atom. The normalized spacial score (nSPS) is 24.9. The summed E-state index contributed by atoms with van der Waals surface area (Å²) in [5.41, 5.74) is 8.11. The molecule has 0 amide bonds. The predicted molar refractivity (Wildman–Crippen MR) is 77.9 cm³/mol. The minimum Gasteiger partial charge on any atom is -0.464 e. The molecule has 2 N–H and O–H groups in total. The van der Waals surface area contributed by atoms with E-state index in [9.17, 15) is 0 Å². The number of fused-ring (bicyclic) bond motifs is 1. The van der Waals surface area contributed by atoms with Gasteiger partial charge in [-0.05, 0) is 38.3 Å². The summed E-state index contributed by atoms with van der Waals surface area (Å²) < 4.78 is 5.63. The number of nitrogens with two attached hydrogens (primary N) is 1. The first kappa shape index (κ1) is 12.7. The first-order valence-corrected chi connectivity index (χ1v) is 7.17. The summed E-state index contributed by atoms with van der Waals surface area (Å²) in [5, 5.41) is 1.24. The molecule has 1 aliphatic rings. The van der Waals surface area contributed by atoms with Crippen LogP contribution in [0.2, 0.25) is 0 Å². The topological polar surface area (TPSA) is 42.4 Å². The second-order valence-electron chi connectivity index (χ2n) is 5.71. The van der Waals surface area contributed by atoms with Gasteiger partial charge in [-0.2, -0.15) is 0 Å². The SMILES string of the molecule is CC1CCC(CN)CN1Cc1coc2ccccc12. The molecule has 0 saturated carbocycles. The first-order valence-electron chi connectivity index (χ1n) is 7.17. The summed E-state index contributed by atoms with van der Waals surface area (Å²) in [7, 11) is 0. The standard InChI is InChI=1S/C16H22N2O/c1-12-6-7-13(8-17)9-18(12)10-14-11-19-16-5-3-2-4-15(14)16/h2-5,11-13H,6-10,17H2,1H3. The zero-order valence-electron chi connectivity index (χ0n) is 11.5. The minimum absolute atomic E-state index is 0.636. The fourth-order valence-electron chi connectivity index (χ4n) is 3.05. The van der Waals surface area contributed by atoms with Gasteiger partial charge >= 0.3 is 0 Å². The molecule has 3 heteroatoms. The number of furan rings is 1. The Morgan fingerprint density at radius 1 is 1.32 bits per heavy atom. The second-order valence-corrected chi connectivity index (χ2v) is 5.71. The van der Waals surface area contributed by atoms with Gasteiger partial charge in [-0.3, -0.25) is 4.90 Å². The van der Waals surface area contributed by atoms with E-state index >= 15 is 0 Å². The van der Waals surface area contributed by atoms with Gasteiger partial charge in [0.1, 0.15) is 5.58 Å². The zero-order valence-corrected chi connectivity index (χ0v) is 11.5. The number of benzene rings is 1. The predicted octanol–water partition coefficient (Wildman–Crippen LogP) is 2.99. The van der Waals surface area contributed by atoms with Crippen molar-refractivity contribution < 1.29 is 4.42 Å². The molecule has 1 saturated heterocycles. The van der Waals surface area contributed by atoms with Gasteiger partial charge in [-0.25, -0.2) is 0 Å². The molecule has 3 rings (SSSR count). The van der Waals surface area contributed by atoms with Gasteiger partial charge < -0.3 is 10.2 Å². The molecule has 19 heavy (non-hydrogen) atoms. The third-order valence-electron chi connectivity index (χ3n) is 4.38. The Labute approximate surface area is 114 Å². The van der Waals surface area contributed by atoms with Crippen LogP contribution in [-0.2, 0) is 6.54 Å². The van der Waals surface area contributed by atoms with Crippen molar-refractivity contribution in [1.29, 1.82) is 0 Å². The Hall–Kier alpha value is -1.32. The molecule has 1 aliphatic heterocycles. The Bertz CT molecular complexity index is 548. The zero-order chi connectivity index (χ0) is 13.2. The highest BCUT2D eigenvalue weighted by Crippen LogP contribution is 2.27. The van der Waals surface area contributed by atoms with Crippen LogP contribution in [-0.4, -0.2) is 24.0 Å². The molecule has 2 atom stereocenters. The third-order valence-corrected chi connectivity index (χ3v) is 4.38. The summed E-state index contributed by atoms with van der Waals surface area (Å²) in [6.07, 6.45) is 4.42. The molecule has 0 radical (unpaired) electrons. The van der Waals surface area contributed by atoms with Crippen LogP contribution in [0.25, 0.3) is 11.0 Å². The fourth-order valence-corrected chi connectivity index (χ4v) is 3.05. The second kappa shape index (κ2) is 5.35. The van der Waals surface area contributed by atoms with Crippen LogP contribution in [0.3, 0.4) is 0 Å². The van der Waals surface area contributed by atoms with Crippen LogP contribution in [0, 0.1) is 5.92 Å². The van der Waals surface area contributed by atoms with E-state index in [1.807, 2.05) is 18.4 Å². The monoisotopic (exact) mass is 258 g/mol. The maximum atomic E-state index is 5.83. The van der Waals surface area contributed by atoms with Crippen LogP contribution >= 0.6 is 0 Å². The van der Waals surface area contributed by atoms with Crippen molar-refractivity contribution in [3.05, 3.63) is 36.1 Å². The van der Waals surface area contributed by atoms with Crippen LogP contribution in [0.15, 0.2) is 34.9 Å². The molecular formula is C16H22N2O. The Morgan fingerprint density at radius 2 is 2.16 bits per heavy atom. The van der Waals surface area contributed by atoms with E-state index in [4.69, 9.17) is 10.2 Å². The lowest BCUT2D eigenvalue weighted by Gasteiger charge is -2.37. The molecule has 2 unspecified atom stereocenters. The van der Waals surface area contributed by atoms with Crippen molar-refractivity contribution in [3.63, 3.8) is 0 Å². The van der Waals surface area contributed by atoms with Crippen LogP contribution in [0.4, 0.5) is 0 Å². The summed E-state index contributed by atoms with van der Waals surface area (Å²) in [4.78, 5) is 2.54. The van der Waals surface area contributed by atoms with Crippen molar-refractivity contribution >= 4 is 11.0 Å². The quantitative estimate of drug-likeness (QED) is 0.920. The Balaban J connectivity index is 1.80. The molecule has 0 bridgehead atoms. The summed E-state index contributed by atoms with van der Waals surface area (Å²) in [6.45, 7) is 5.19.